The molecule has 4 nitrogen and oxygen atoms in total. The van der Waals surface area contributed by atoms with Gasteiger partial charge in [-0.25, -0.2) is 8.78 Å². The topological polar surface area (TPSA) is 65.9 Å². The SMILES string of the molecule is COc1[nH]c(=O)c(C(F)F)cc1C#N. The Morgan fingerprint density at radius 1 is 1.64 bits per heavy atom. The molecular weight excluding hydrogens is 194 g/mol. The second-order valence-electron chi connectivity index (χ2n) is 2.41. The van der Waals surface area contributed by atoms with Gasteiger partial charge in [-0.2, -0.15) is 5.26 Å². The summed E-state index contributed by atoms with van der Waals surface area (Å²) in [6, 6.07) is 2.46. The van der Waals surface area contributed by atoms with Gasteiger partial charge in [0, 0.05) is 0 Å². The first-order valence-electron chi connectivity index (χ1n) is 3.59. The van der Waals surface area contributed by atoms with Crippen LogP contribution in [0.4, 0.5) is 8.78 Å². The number of halogens is 2. The number of H-pyrrole nitrogens is 1. The summed E-state index contributed by atoms with van der Waals surface area (Å²) < 4.78 is 29.0. The predicted molar refractivity (Wildman–Crippen MR) is 43.3 cm³/mol. The lowest BCUT2D eigenvalue weighted by Gasteiger charge is -2.03. The molecule has 1 aromatic heterocycles. The van der Waals surface area contributed by atoms with Crippen LogP contribution in [0.15, 0.2) is 10.9 Å². The Labute approximate surface area is 77.7 Å². The van der Waals surface area contributed by atoms with Crippen molar-refractivity contribution in [3.63, 3.8) is 0 Å². The molecule has 6 heteroatoms. The Hall–Kier alpha value is -1.90. The van der Waals surface area contributed by atoms with E-state index in [-0.39, 0.29) is 11.4 Å². The van der Waals surface area contributed by atoms with E-state index in [4.69, 9.17) is 5.26 Å². The molecule has 0 fully saturated rings. The normalized spacial score (nSPS) is 9.93. The quantitative estimate of drug-likeness (QED) is 0.779. The molecule has 0 aliphatic heterocycles. The van der Waals surface area contributed by atoms with Gasteiger partial charge in [0.25, 0.3) is 12.0 Å². The van der Waals surface area contributed by atoms with Crippen LogP contribution < -0.4 is 10.3 Å². The Bertz CT molecular complexity index is 434. The average Bonchev–Trinajstić information content (AvgIpc) is 2.16. The van der Waals surface area contributed by atoms with Gasteiger partial charge in [-0.3, -0.25) is 9.78 Å². The zero-order valence-electron chi connectivity index (χ0n) is 7.17. The first-order chi connectivity index (χ1) is 6.60. The fourth-order valence-electron chi connectivity index (χ4n) is 0.935. The highest BCUT2D eigenvalue weighted by Crippen LogP contribution is 2.19. The lowest BCUT2D eigenvalue weighted by molar-refractivity contribution is 0.149. The molecule has 74 valence electrons. The number of hydrogen-bond acceptors (Lipinski definition) is 3. The van der Waals surface area contributed by atoms with Crippen LogP contribution in [0.25, 0.3) is 0 Å². The van der Waals surface area contributed by atoms with Gasteiger partial charge in [-0.1, -0.05) is 0 Å². The summed E-state index contributed by atoms with van der Waals surface area (Å²) in [5.41, 5.74) is -1.80. The van der Waals surface area contributed by atoms with Gasteiger partial charge in [0.05, 0.1) is 12.7 Å². The summed E-state index contributed by atoms with van der Waals surface area (Å²) in [4.78, 5) is 13.0. The van der Waals surface area contributed by atoms with Crippen LogP contribution in [0.3, 0.4) is 0 Å². The van der Waals surface area contributed by atoms with E-state index in [2.05, 4.69) is 4.74 Å². The smallest absolute Gasteiger partial charge is 0.269 e. The van der Waals surface area contributed by atoms with E-state index in [1.165, 1.54) is 7.11 Å². The Morgan fingerprint density at radius 3 is 2.71 bits per heavy atom. The van der Waals surface area contributed by atoms with Crippen molar-refractivity contribution in [1.82, 2.24) is 4.98 Å². The third kappa shape index (κ3) is 1.71. The number of nitrogens with one attached hydrogen (secondary N) is 1. The van der Waals surface area contributed by atoms with Gasteiger partial charge in [0.2, 0.25) is 5.88 Å². The van der Waals surface area contributed by atoms with E-state index in [0.717, 1.165) is 6.07 Å². The highest BCUT2D eigenvalue weighted by atomic mass is 19.3. The van der Waals surface area contributed by atoms with Crippen molar-refractivity contribution in [3.05, 3.63) is 27.5 Å². The second kappa shape index (κ2) is 3.87. The van der Waals surface area contributed by atoms with Crippen LogP contribution in [-0.4, -0.2) is 12.1 Å². The zero-order chi connectivity index (χ0) is 10.7. The van der Waals surface area contributed by atoms with Gasteiger partial charge in [0.1, 0.15) is 11.6 Å². The number of ether oxygens (including phenoxy) is 1. The van der Waals surface area contributed by atoms with E-state index in [1.54, 1.807) is 6.07 Å². The van der Waals surface area contributed by atoms with Crippen molar-refractivity contribution in [2.75, 3.05) is 7.11 Å². The number of aromatic nitrogens is 1. The molecule has 1 rings (SSSR count). The number of pyridine rings is 1. The van der Waals surface area contributed by atoms with Crippen LogP contribution in [0.5, 0.6) is 5.88 Å². The number of methoxy groups -OCH3 is 1. The number of nitrogens with zero attached hydrogens (tertiary/aromatic N) is 1. The molecule has 1 heterocycles. The van der Waals surface area contributed by atoms with Crippen molar-refractivity contribution >= 4 is 0 Å². The summed E-state index contributed by atoms with van der Waals surface area (Å²) >= 11 is 0. The number of aromatic amines is 1. The summed E-state index contributed by atoms with van der Waals surface area (Å²) in [5, 5.41) is 8.55. The Balaban J connectivity index is 3.40. The molecular formula is C8H6F2N2O2. The first kappa shape index (κ1) is 10.2. The average molecular weight is 200 g/mol. The molecule has 0 saturated heterocycles. The van der Waals surface area contributed by atoms with Gasteiger partial charge in [0.15, 0.2) is 0 Å². The third-order valence-corrected chi connectivity index (χ3v) is 1.59. The molecule has 14 heavy (non-hydrogen) atoms. The monoisotopic (exact) mass is 200 g/mol. The number of alkyl halides is 2. The predicted octanol–water partition coefficient (Wildman–Crippen LogP) is 1.19. The summed E-state index contributed by atoms with van der Waals surface area (Å²) in [6.45, 7) is 0. The molecule has 0 spiro atoms. The highest BCUT2D eigenvalue weighted by molar-refractivity contribution is 5.40. The zero-order valence-corrected chi connectivity index (χ0v) is 7.17. The van der Waals surface area contributed by atoms with Crippen LogP contribution in [0, 0.1) is 11.3 Å². The maximum atomic E-state index is 12.2. The van der Waals surface area contributed by atoms with Gasteiger partial charge in [-0.05, 0) is 6.07 Å². The lowest BCUT2D eigenvalue weighted by atomic mass is 10.2. The molecule has 0 atom stereocenters. The molecule has 0 bridgehead atoms. The Morgan fingerprint density at radius 2 is 2.29 bits per heavy atom. The van der Waals surface area contributed by atoms with Crippen molar-refractivity contribution in [2.45, 2.75) is 6.43 Å². The van der Waals surface area contributed by atoms with Crippen molar-refractivity contribution in [3.8, 4) is 11.9 Å². The van der Waals surface area contributed by atoms with Gasteiger partial charge >= 0.3 is 0 Å². The van der Waals surface area contributed by atoms with Gasteiger partial charge in [-0.15, -0.1) is 0 Å². The molecule has 0 amide bonds. The summed E-state index contributed by atoms with van der Waals surface area (Å²) in [6.07, 6.45) is -2.91. The minimum Gasteiger partial charge on any atom is -0.481 e. The molecule has 0 saturated carbocycles. The molecule has 1 N–H and O–H groups in total. The van der Waals surface area contributed by atoms with Crippen molar-refractivity contribution in [1.29, 1.82) is 5.26 Å². The number of rotatable bonds is 2. The van der Waals surface area contributed by atoms with E-state index in [1.807, 2.05) is 4.98 Å². The number of nitriles is 1. The minimum atomic E-state index is -2.91. The largest absolute Gasteiger partial charge is 0.481 e. The fraction of sp³-hybridized carbons (Fsp3) is 0.250. The summed E-state index contributed by atoms with van der Waals surface area (Å²) in [7, 11) is 1.23. The maximum Gasteiger partial charge on any atom is 0.269 e. The molecule has 0 aliphatic rings. The van der Waals surface area contributed by atoms with Crippen molar-refractivity contribution in [2.24, 2.45) is 0 Å². The van der Waals surface area contributed by atoms with Gasteiger partial charge < -0.3 is 4.74 Å². The molecule has 0 aliphatic carbocycles. The van der Waals surface area contributed by atoms with Crippen LogP contribution in [0.2, 0.25) is 0 Å². The van der Waals surface area contributed by atoms with E-state index < -0.39 is 17.5 Å². The fourth-order valence-corrected chi connectivity index (χ4v) is 0.935. The van der Waals surface area contributed by atoms with E-state index in [0.29, 0.717) is 0 Å². The first-order valence-corrected chi connectivity index (χ1v) is 3.59. The molecule has 0 radical (unpaired) electrons. The second-order valence-corrected chi connectivity index (χ2v) is 2.41. The maximum absolute atomic E-state index is 12.2. The highest BCUT2D eigenvalue weighted by Gasteiger charge is 2.15. The molecule has 0 unspecified atom stereocenters. The van der Waals surface area contributed by atoms with Crippen LogP contribution in [0.1, 0.15) is 17.6 Å². The Kier molecular flexibility index (Phi) is 2.82. The third-order valence-electron chi connectivity index (χ3n) is 1.59. The standard InChI is InChI=1S/C8H6F2N2O2/c1-14-8-4(3-11)2-5(6(9)10)7(13)12-8/h2,6H,1H3,(H,12,13). The number of hydrogen-bond donors (Lipinski definition) is 1. The minimum absolute atomic E-state index is 0.109. The van der Waals surface area contributed by atoms with E-state index >= 15 is 0 Å². The van der Waals surface area contributed by atoms with Crippen LogP contribution in [-0.2, 0) is 0 Å². The van der Waals surface area contributed by atoms with Crippen LogP contribution >= 0.6 is 0 Å². The summed E-state index contributed by atoms with van der Waals surface area (Å²) in [5.74, 6) is -0.109. The lowest BCUT2D eigenvalue weighted by Crippen LogP contribution is -2.14. The van der Waals surface area contributed by atoms with E-state index in [9.17, 15) is 13.6 Å². The van der Waals surface area contributed by atoms with Crippen molar-refractivity contribution < 1.29 is 13.5 Å². The molecule has 1 aromatic rings. The molecule has 0 aromatic carbocycles.